The lowest BCUT2D eigenvalue weighted by Crippen LogP contribution is -2.21. The molecule has 0 aliphatic rings. The van der Waals surface area contributed by atoms with Crippen LogP contribution in [0.2, 0.25) is 0 Å². The van der Waals surface area contributed by atoms with Crippen LogP contribution in [0.5, 0.6) is 5.75 Å². The van der Waals surface area contributed by atoms with Gasteiger partial charge in [0.2, 0.25) is 0 Å². The summed E-state index contributed by atoms with van der Waals surface area (Å²) in [6.45, 7) is 9.94. The van der Waals surface area contributed by atoms with E-state index in [0.717, 1.165) is 16.8 Å². The minimum atomic E-state index is -0.278. The fourth-order valence-electron chi connectivity index (χ4n) is 2.57. The zero-order chi connectivity index (χ0) is 17.0. The van der Waals surface area contributed by atoms with E-state index in [0.29, 0.717) is 11.4 Å². The lowest BCUT2D eigenvalue weighted by Gasteiger charge is -2.16. The molecule has 2 N–H and O–H groups in total. The van der Waals surface area contributed by atoms with Crippen LogP contribution in [0.3, 0.4) is 0 Å². The first-order valence-electron chi connectivity index (χ1n) is 7.78. The van der Waals surface area contributed by atoms with Gasteiger partial charge < -0.3 is 15.4 Å². The van der Waals surface area contributed by atoms with Gasteiger partial charge in [0, 0.05) is 5.69 Å². The Bertz CT molecular complexity index is 685. The lowest BCUT2D eigenvalue weighted by atomic mass is 10.1. The van der Waals surface area contributed by atoms with Crippen molar-refractivity contribution in [2.45, 2.75) is 40.7 Å². The molecular weight excluding hydrogens is 288 g/mol. The van der Waals surface area contributed by atoms with Gasteiger partial charge in [-0.3, -0.25) is 0 Å². The zero-order valence-electron chi connectivity index (χ0n) is 14.4. The number of carbonyl (C=O) groups is 1. The highest BCUT2D eigenvalue weighted by atomic mass is 16.5. The summed E-state index contributed by atoms with van der Waals surface area (Å²) in [7, 11) is 0. The van der Waals surface area contributed by atoms with Crippen molar-refractivity contribution in [1.82, 2.24) is 0 Å². The quantitative estimate of drug-likeness (QED) is 0.830. The van der Waals surface area contributed by atoms with Crippen molar-refractivity contribution in [3.63, 3.8) is 0 Å². The predicted octanol–water partition coefficient (Wildman–Crippen LogP) is 5.04. The summed E-state index contributed by atoms with van der Waals surface area (Å²) < 4.78 is 5.72. The van der Waals surface area contributed by atoms with Gasteiger partial charge in [-0.25, -0.2) is 4.79 Å². The zero-order valence-corrected chi connectivity index (χ0v) is 14.4. The summed E-state index contributed by atoms with van der Waals surface area (Å²) in [6, 6.07) is 11.3. The second-order valence-corrected chi connectivity index (χ2v) is 6.02. The van der Waals surface area contributed by atoms with Crippen LogP contribution in [0.4, 0.5) is 16.2 Å². The SMILES string of the molecule is Cc1cc(C)c(NC(=O)Nc2ccccc2OC(C)C)c(C)c1. The molecule has 2 aromatic rings. The summed E-state index contributed by atoms with van der Waals surface area (Å²) in [4.78, 5) is 12.3. The number of hydrogen-bond acceptors (Lipinski definition) is 2. The van der Waals surface area contributed by atoms with Crippen molar-refractivity contribution >= 4 is 17.4 Å². The highest BCUT2D eigenvalue weighted by Gasteiger charge is 2.11. The molecule has 4 heteroatoms. The van der Waals surface area contributed by atoms with Gasteiger partial charge in [-0.1, -0.05) is 29.8 Å². The average Bonchev–Trinajstić information content (AvgIpc) is 2.44. The number of benzene rings is 2. The van der Waals surface area contributed by atoms with E-state index in [9.17, 15) is 4.79 Å². The summed E-state index contributed by atoms with van der Waals surface area (Å²) >= 11 is 0. The van der Waals surface area contributed by atoms with E-state index in [2.05, 4.69) is 22.8 Å². The molecule has 2 amide bonds. The summed E-state index contributed by atoms with van der Waals surface area (Å²) in [5.74, 6) is 0.662. The fraction of sp³-hybridized carbons (Fsp3) is 0.316. The van der Waals surface area contributed by atoms with E-state index in [1.54, 1.807) is 0 Å². The van der Waals surface area contributed by atoms with Crippen molar-refractivity contribution in [2.75, 3.05) is 10.6 Å². The topological polar surface area (TPSA) is 50.4 Å². The Balaban J connectivity index is 2.15. The molecule has 2 rings (SSSR count). The summed E-state index contributed by atoms with van der Waals surface area (Å²) in [5.41, 5.74) is 4.77. The van der Waals surface area contributed by atoms with Crippen LogP contribution in [0.15, 0.2) is 36.4 Å². The van der Waals surface area contributed by atoms with E-state index < -0.39 is 0 Å². The Morgan fingerprint density at radius 3 is 2.22 bits per heavy atom. The molecule has 0 radical (unpaired) electrons. The average molecular weight is 312 g/mol. The molecule has 23 heavy (non-hydrogen) atoms. The molecule has 122 valence electrons. The molecule has 2 aromatic carbocycles. The molecule has 4 nitrogen and oxygen atoms in total. The number of rotatable bonds is 4. The van der Waals surface area contributed by atoms with E-state index >= 15 is 0 Å². The first-order chi connectivity index (χ1) is 10.9. The summed E-state index contributed by atoms with van der Waals surface area (Å²) in [6.07, 6.45) is 0.0441. The molecule has 0 atom stereocenters. The monoisotopic (exact) mass is 312 g/mol. The molecule has 0 unspecified atom stereocenters. The Morgan fingerprint density at radius 2 is 1.61 bits per heavy atom. The van der Waals surface area contributed by atoms with Crippen LogP contribution in [-0.4, -0.2) is 12.1 Å². The first-order valence-corrected chi connectivity index (χ1v) is 7.78. The van der Waals surface area contributed by atoms with E-state index in [4.69, 9.17) is 4.74 Å². The van der Waals surface area contributed by atoms with Crippen molar-refractivity contribution in [3.05, 3.63) is 53.1 Å². The number of urea groups is 1. The molecule has 0 aliphatic carbocycles. The van der Waals surface area contributed by atoms with Crippen molar-refractivity contribution < 1.29 is 9.53 Å². The maximum absolute atomic E-state index is 12.3. The van der Waals surface area contributed by atoms with E-state index in [-0.39, 0.29) is 12.1 Å². The van der Waals surface area contributed by atoms with Crippen molar-refractivity contribution in [3.8, 4) is 5.75 Å². The molecule has 0 aromatic heterocycles. The van der Waals surface area contributed by atoms with Crippen LogP contribution < -0.4 is 15.4 Å². The predicted molar refractivity (Wildman–Crippen MR) is 95.5 cm³/mol. The number of carbonyl (C=O) groups excluding carboxylic acids is 1. The smallest absolute Gasteiger partial charge is 0.323 e. The van der Waals surface area contributed by atoms with Crippen molar-refractivity contribution in [1.29, 1.82) is 0 Å². The molecule has 0 saturated heterocycles. The second-order valence-electron chi connectivity index (χ2n) is 6.02. The van der Waals surface area contributed by atoms with Gasteiger partial charge in [0.05, 0.1) is 11.8 Å². The maximum atomic E-state index is 12.3. The largest absolute Gasteiger partial charge is 0.489 e. The Kier molecular flexibility index (Phi) is 5.27. The van der Waals surface area contributed by atoms with E-state index in [1.165, 1.54) is 5.56 Å². The van der Waals surface area contributed by atoms with E-state index in [1.807, 2.05) is 58.9 Å². The Morgan fingerprint density at radius 1 is 1.00 bits per heavy atom. The normalized spacial score (nSPS) is 10.5. The number of amides is 2. The molecule has 0 saturated carbocycles. The maximum Gasteiger partial charge on any atom is 0.323 e. The first kappa shape index (κ1) is 16.9. The van der Waals surface area contributed by atoms with Gasteiger partial charge in [-0.05, 0) is 57.9 Å². The van der Waals surface area contributed by atoms with Gasteiger partial charge in [0.1, 0.15) is 5.75 Å². The third kappa shape index (κ3) is 4.49. The van der Waals surface area contributed by atoms with Gasteiger partial charge in [0.15, 0.2) is 0 Å². The molecule has 0 fully saturated rings. The number of aryl methyl sites for hydroxylation is 3. The number of nitrogens with one attached hydrogen (secondary N) is 2. The third-order valence-electron chi connectivity index (χ3n) is 3.41. The van der Waals surface area contributed by atoms with Crippen molar-refractivity contribution in [2.24, 2.45) is 0 Å². The molecule has 0 bridgehead atoms. The van der Waals surface area contributed by atoms with Crippen LogP contribution in [-0.2, 0) is 0 Å². The Hall–Kier alpha value is -2.49. The second kappa shape index (κ2) is 7.18. The molecule has 0 heterocycles. The van der Waals surface area contributed by atoms with Gasteiger partial charge in [-0.2, -0.15) is 0 Å². The molecule has 0 spiro atoms. The van der Waals surface area contributed by atoms with Crippen LogP contribution >= 0.6 is 0 Å². The minimum Gasteiger partial charge on any atom is -0.489 e. The van der Waals surface area contributed by atoms with Gasteiger partial charge in [-0.15, -0.1) is 0 Å². The highest BCUT2D eigenvalue weighted by molar-refractivity contribution is 6.01. The van der Waals surface area contributed by atoms with Crippen LogP contribution in [0.25, 0.3) is 0 Å². The molecule has 0 aliphatic heterocycles. The van der Waals surface area contributed by atoms with Gasteiger partial charge in [0.25, 0.3) is 0 Å². The van der Waals surface area contributed by atoms with Crippen LogP contribution in [0, 0.1) is 20.8 Å². The standard InChI is InChI=1S/C19H24N2O2/c1-12(2)23-17-9-7-6-8-16(17)20-19(22)21-18-14(4)10-13(3)11-15(18)5/h6-12H,1-5H3,(H2,20,21,22). The lowest BCUT2D eigenvalue weighted by molar-refractivity contribution is 0.243. The Labute approximate surface area is 137 Å². The minimum absolute atomic E-state index is 0.0441. The van der Waals surface area contributed by atoms with Gasteiger partial charge >= 0.3 is 6.03 Å². The molecular formula is C19H24N2O2. The fourth-order valence-corrected chi connectivity index (χ4v) is 2.57. The summed E-state index contributed by atoms with van der Waals surface area (Å²) in [5, 5.41) is 5.79. The number of hydrogen-bond donors (Lipinski definition) is 2. The highest BCUT2D eigenvalue weighted by Crippen LogP contribution is 2.26. The van der Waals surface area contributed by atoms with Crippen LogP contribution in [0.1, 0.15) is 30.5 Å². The number of para-hydroxylation sites is 2. The number of anilines is 2. The third-order valence-corrected chi connectivity index (χ3v) is 3.41. The number of ether oxygens (including phenoxy) is 1.